The minimum Gasteiger partial charge on any atom is -0.378 e. The lowest BCUT2D eigenvalue weighted by Gasteiger charge is -2.10. The van der Waals surface area contributed by atoms with Gasteiger partial charge in [0.1, 0.15) is 0 Å². The third-order valence-corrected chi connectivity index (χ3v) is 3.29. The van der Waals surface area contributed by atoms with Gasteiger partial charge in [-0.25, -0.2) is 4.98 Å². The molecule has 90 valence electrons. The van der Waals surface area contributed by atoms with Crippen LogP contribution >= 0.6 is 15.9 Å². The van der Waals surface area contributed by atoms with Crippen LogP contribution in [0.2, 0.25) is 0 Å². The number of hydrogen-bond donors (Lipinski definition) is 1. The topological polar surface area (TPSA) is 29.9 Å². The molecule has 0 aliphatic rings. The zero-order valence-electron chi connectivity index (χ0n) is 9.86. The fourth-order valence-electron chi connectivity index (χ4n) is 1.73. The molecule has 2 aromatic rings. The largest absolute Gasteiger partial charge is 0.378 e. The molecular weight excluding hydrogens is 278 g/mol. The maximum absolute atomic E-state index is 4.19. The first kappa shape index (κ1) is 12.2. The number of rotatable bonds is 5. The average molecular weight is 294 g/mol. The molecule has 4 heteroatoms. The summed E-state index contributed by atoms with van der Waals surface area (Å²) in [6.07, 6.45) is 4.93. The molecule has 0 saturated carbocycles. The van der Waals surface area contributed by atoms with E-state index in [1.165, 1.54) is 5.69 Å². The van der Waals surface area contributed by atoms with E-state index in [1.807, 2.05) is 30.7 Å². The van der Waals surface area contributed by atoms with E-state index >= 15 is 0 Å². The quantitative estimate of drug-likeness (QED) is 0.912. The van der Waals surface area contributed by atoms with Gasteiger partial charge in [0.25, 0.3) is 0 Å². The molecule has 0 saturated heterocycles. The maximum Gasteiger partial charge on any atom is 0.0948 e. The molecule has 0 amide bonds. The van der Waals surface area contributed by atoms with Crippen LogP contribution in [0, 0.1) is 0 Å². The molecule has 1 N–H and O–H groups in total. The van der Waals surface area contributed by atoms with Crippen molar-refractivity contribution in [1.29, 1.82) is 0 Å². The number of hydrogen-bond acceptors (Lipinski definition) is 2. The van der Waals surface area contributed by atoms with Crippen LogP contribution in [0.5, 0.6) is 0 Å². The number of halogens is 1. The van der Waals surface area contributed by atoms with Crippen LogP contribution in [0.1, 0.15) is 19.0 Å². The van der Waals surface area contributed by atoms with Crippen molar-refractivity contribution in [3.8, 4) is 0 Å². The molecule has 0 fully saturated rings. The first-order chi connectivity index (χ1) is 8.31. The number of imidazole rings is 1. The normalized spacial score (nSPS) is 10.5. The molecule has 1 heterocycles. The molecule has 0 aliphatic carbocycles. The lowest BCUT2D eigenvalue weighted by Crippen LogP contribution is -2.07. The second-order valence-electron chi connectivity index (χ2n) is 3.91. The summed E-state index contributed by atoms with van der Waals surface area (Å²) in [5, 5.41) is 3.41. The van der Waals surface area contributed by atoms with Crippen molar-refractivity contribution in [3.63, 3.8) is 0 Å². The van der Waals surface area contributed by atoms with Crippen LogP contribution < -0.4 is 5.32 Å². The number of aryl methyl sites for hydroxylation is 1. The Kier molecular flexibility index (Phi) is 4.20. The minimum absolute atomic E-state index is 0.794. The molecule has 17 heavy (non-hydrogen) atoms. The zero-order chi connectivity index (χ0) is 12.1. The second-order valence-corrected chi connectivity index (χ2v) is 4.77. The fraction of sp³-hybridized carbons (Fsp3) is 0.308. The van der Waals surface area contributed by atoms with Crippen molar-refractivity contribution in [2.75, 3.05) is 5.32 Å². The second kappa shape index (κ2) is 5.87. The van der Waals surface area contributed by atoms with Gasteiger partial charge in [-0.15, -0.1) is 0 Å². The average Bonchev–Trinajstić information content (AvgIpc) is 2.76. The van der Waals surface area contributed by atoms with Gasteiger partial charge >= 0.3 is 0 Å². The summed E-state index contributed by atoms with van der Waals surface area (Å²) in [6, 6.07) is 8.13. The predicted octanol–water partition coefficient (Wildman–Crippen LogP) is 3.67. The number of aromatic nitrogens is 2. The van der Waals surface area contributed by atoms with Crippen LogP contribution in [0.25, 0.3) is 0 Å². The number of anilines is 1. The summed E-state index contributed by atoms with van der Waals surface area (Å²) < 4.78 is 3.27. The van der Waals surface area contributed by atoms with Gasteiger partial charge in [-0.3, -0.25) is 0 Å². The van der Waals surface area contributed by atoms with Crippen LogP contribution in [-0.2, 0) is 13.1 Å². The molecule has 3 nitrogen and oxygen atoms in total. The molecule has 0 bridgehead atoms. The lowest BCUT2D eigenvalue weighted by molar-refractivity contribution is 0.651. The zero-order valence-corrected chi connectivity index (χ0v) is 11.4. The predicted molar refractivity (Wildman–Crippen MR) is 74.0 cm³/mol. The Hall–Kier alpha value is -1.29. The highest BCUT2D eigenvalue weighted by Crippen LogP contribution is 2.21. The molecule has 0 atom stereocenters. The summed E-state index contributed by atoms with van der Waals surface area (Å²) in [6.45, 7) is 3.99. The summed E-state index contributed by atoms with van der Waals surface area (Å²) >= 11 is 3.52. The molecule has 0 aliphatic heterocycles. The maximum atomic E-state index is 4.19. The highest BCUT2D eigenvalue weighted by atomic mass is 79.9. The van der Waals surface area contributed by atoms with Crippen molar-refractivity contribution in [3.05, 3.63) is 47.0 Å². The molecule has 0 spiro atoms. The monoisotopic (exact) mass is 293 g/mol. The molecule has 2 rings (SSSR count). The first-order valence-electron chi connectivity index (χ1n) is 5.78. The molecule has 1 aromatic heterocycles. The van der Waals surface area contributed by atoms with Crippen LogP contribution in [0.15, 0.2) is 41.3 Å². The van der Waals surface area contributed by atoms with Gasteiger partial charge in [0.05, 0.1) is 18.6 Å². The van der Waals surface area contributed by atoms with E-state index in [4.69, 9.17) is 0 Å². The molecule has 0 unspecified atom stereocenters. The van der Waals surface area contributed by atoms with Gasteiger partial charge in [0.2, 0.25) is 0 Å². The number of nitrogens with one attached hydrogen (secondary N) is 1. The van der Waals surface area contributed by atoms with E-state index in [1.54, 1.807) is 0 Å². The Morgan fingerprint density at radius 3 is 2.94 bits per heavy atom. The van der Waals surface area contributed by atoms with E-state index in [-0.39, 0.29) is 0 Å². The Morgan fingerprint density at radius 1 is 1.35 bits per heavy atom. The van der Waals surface area contributed by atoms with Crippen molar-refractivity contribution in [2.45, 2.75) is 26.4 Å². The number of para-hydroxylation sites is 1. The number of nitrogens with zero attached hydrogens (tertiary/aromatic N) is 2. The number of benzene rings is 1. The van der Waals surface area contributed by atoms with Crippen molar-refractivity contribution in [1.82, 2.24) is 9.55 Å². The summed E-state index contributed by atoms with van der Waals surface area (Å²) in [7, 11) is 0. The molecule has 0 radical (unpaired) electrons. The third-order valence-electron chi connectivity index (χ3n) is 2.60. The summed E-state index contributed by atoms with van der Waals surface area (Å²) in [5.74, 6) is 0. The van der Waals surface area contributed by atoms with Gasteiger partial charge in [0.15, 0.2) is 0 Å². The Bertz CT molecular complexity index is 479. The highest BCUT2D eigenvalue weighted by molar-refractivity contribution is 9.10. The lowest BCUT2D eigenvalue weighted by atomic mass is 10.3. The Labute approximate surface area is 110 Å². The minimum atomic E-state index is 0.794. The standard InChI is InChI=1S/C13H16BrN3/c1-2-7-17-10-15-8-11(17)9-16-13-6-4-3-5-12(13)14/h3-6,8,10,16H,2,7,9H2,1H3. The first-order valence-corrected chi connectivity index (χ1v) is 6.58. The van der Waals surface area contributed by atoms with Crippen molar-refractivity contribution in [2.24, 2.45) is 0 Å². The summed E-state index contributed by atoms with van der Waals surface area (Å²) in [4.78, 5) is 4.19. The van der Waals surface area contributed by atoms with E-state index in [9.17, 15) is 0 Å². The van der Waals surface area contributed by atoms with Crippen LogP contribution in [0.4, 0.5) is 5.69 Å². The van der Waals surface area contributed by atoms with E-state index in [2.05, 4.69) is 43.8 Å². The van der Waals surface area contributed by atoms with E-state index in [0.717, 1.165) is 29.7 Å². The van der Waals surface area contributed by atoms with Gasteiger partial charge in [-0.05, 0) is 34.5 Å². The van der Waals surface area contributed by atoms with Crippen LogP contribution in [0.3, 0.4) is 0 Å². The van der Waals surface area contributed by atoms with Crippen molar-refractivity contribution >= 4 is 21.6 Å². The third kappa shape index (κ3) is 3.09. The van der Waals surface area contributed by atoms with Gasteiger partial charge in [0, 0.05) is 22.9 Å². The highest BCUT2D eigenvalue weighted by Gasteiger charge is 2.02. The van der Waals surface area contributed by atoms with E-state index < -0.39 is 0 Å². The Morgan fingerprint density at radius 2 is 2.18 bits per heavy atom. The summed E-state index contributed by atoms with van der Waals surface area (Å²) in [5.41, 5.74) is 2.32. The SMILES string of the molecule is CCCn1cncc1CNc1ccccc1Br. The molecular formula is C13H16BrN3. The Balaban J connectivity index is 2.02. The fourth-order valence-corrected chi connectivity index (χ4v) is 2.15. The smallest absolute Gasteiger partial charge is 0.0948 e. The van der Waals surface area contributed by atoms with Crippen molar-refractivity contribution < 1.29 is 0 Å². The van der Waals surface area contributed by atoms with Gasteiger partial charge in [-0.1, -0.05) is 19.1 Å². The molecule has 1 aromatic carbocycles. The van der Waals surface area contributed by atoms with E-state index in [0.29, 0.717) is 0 Å². The van der Waals surface area contributed by atoms with Gasteiger partial charge in [-0.2, -0.15) is 0 Å². The van der Waals surface area contributed by atoms with Crippen LogP contribution in [-0.4, -0.2) is 9.55 Å². The van der Waals surface area contributed by atoms with Gasteiger partial charge < -0.3 is 9.88 Å².